The first-order chi connectivity index (χ1) is 10.6. The minimum atomic E-state index is -0.173. The molecule has 4 nitrogen and oxygen atoms in total. The first-order valence-electron chi connectivity index (χ1n) is 7.06. The number of aromatic nitrogens is 1. The number of carbonyl (C=O) groups excluding carboxylic acids is 1. The number of hydrogen-bond acceptors (Lipinski definition) is 3. The van der Waals surface area contributed by atoms with Gasteiger partial charge in [-0.15, -0.1) is 11.3 Å². The van der Waals surface area contributed by atoms with Gasteiger partial charge in [-0.1, -0.05) is 30.3 Å². The van der Waals surface area contributed by atoms with Crippen LogP contribution >= 0.6 is 11.3 Å². The van der Waals surface area contributed by atoms with Crippen molar-refractivity contribution in [1.82, 2.24) is 9.88 Å². The summed E-state index contributed by atoms with van der Waals surface area (Å²) in [7, 11) is 0. The first-order valence-corrected chi connectivity index (χ1v) is 7.94. The van der Waals surface area contributed by atoms with Gasteiger partial charge in [0, 0.05) is 10.9 Å². The summed E-state index contributed by atoms with van der Waals surface area (Å²) >= 11 is 1.52. The van der Waals surface area contributed by atoms with Crippen LogP contribution in [-0.4, -0.2) is 10.5 Å². The van der Waals surface area contributed by atoms with Crippen molar-refractivity contribution in [1.29, 1.82) is 0 Å². The van der Waals surface area contributed by atoms with E-state index in [4.69, 9.17) is 0 Å². The van der Waals surface area contributed by atoms with Gasteiger partial charge in [0.1, 0.15) is 6.54 Å². The highest BCUT2D eigenvalue weighted by molar-refractivity contribution is 7.17. The minimum absolute atomic E-state index is 0.0296. The number of carbonyl (C=O) groups is 1. The van der Waals surface area contributed by atoms with E-state index in [2.05, 4.69) is 5.32 Å². The summed E-state index contributed by atoms with van der Waals surface area (Å²) in [6.45, 7) is 1.96. The van der Waals surface area contributed by atoms with E-state index in [0.717, 1.165) is 10.3 Å². The largest absolute Gasteiger partial charge is 0.348 e. The maximum Gasteiger partial charge on any atom is 0.259 e. The van der Waals surface area contributed by atoms with E-state index in [1.165, 1.54) is 15.9 Å². The predicted octanol–water partition coefficient (Wildman–Crippen LogP) is 2.94. The Balaban J connectivity index is 1.73. The predicted molar refractivity (Wildman–Crippen MR) is 89.1 cm³/mol. The van der Waals surface area contributed by atoms with Crippen LogP contribution in [0.3, 0.4) is 0 Å². The molecule has 0 saturated heterocycles. The monoisotopic (exact) mass is 312 g/mol. The maximum absolute atomic E-state index is 12.3. The maximum atomic E-state index is 12.3. The summed E-state index contributed by atoms with van der Waals surface area (Å²) in [5, 5.41) is 5.46. The minimum Gasteiger partial charge on any atom is -0.348 e. The molecule has 0 aliphatic heterocycles. The molecule has 112 valence electrons. The number of rotatable bonds is 4. The van der Waals surface area contributed by atoms with Crippen LogP contribution in [0.15, 0.2) is 58.8 Å². The zero-order valence-corrected chi connectivity index (χ0v) is 13.0. The fourth-order valence-electron chi connectivity index (χ4n) is 2.40. The Morgan fingerprint density at radius 3 is 2.77 bits per heavy atom. The van der Waals surface area contributed by atoms with Crippen molar-refractivity contribution in [2.45, 2.75) is 19.5 Å². The van der Waals surface area contributed by atoms with Gasteiger partial charge in [-0.2, -0.15) is 0 Å². The molecule has 1 amide bonds. The molecule has 2 aromatic heterocycles. The zero-order valence-electron chi connectivity index (χ0n) is 12.2. The Kier molecular flexibility index (Phi) is 4.06. The molecule has 0 bridgehead atoms. The summed E-state index contributed by atoms with van der Waals surface area (Å²) in [6.07, 6.45) is 1.67. The van der Waals surface area contributed by atoms with Crippen molar-refractivity contribution in [2.24, 2.45) is 0 Å². The summed E-state index contributed by atoms with van der Waals surface area (Å²) in [5.74, 6) is -0.173. The van der Waals surface area contributed by atoms with Gasteiger partial charge in [0.2, 0.25) is 5.91 Å². The Bertz CT molecular complexity index is 852. The van der Waals surface area contributed by atoms with E-state index < -0.39 is 0 Å². The Morgan fingerprint density at radius 1 is 1.23 bits per heavy atom. The second-order valence-corrected chi connectivity index (χ2v) is 6.09. The van der Waals surface area contributed by atoms with Gasteiger partial charge in [-0.05, 0) is 30.0 Å². The van der Waals surface area contributed by atoms with Crippen molar-refractivity contribution >= 4 is 27.3 Å². The molecule has 1 N–H and O–H groups in total. The molecule has 1 aromatic carbocycles. The molecule has 0 fully saturated rings. The standard InChI is InChI=1S/C17H16N2O2S/c1-12(13-5-3-2-4-6-13)18-16(20)11-19-9-7-15-14(17(19)21)8-10-22-15/h2-10,12H,11H2,1H3,(H,18,20)/t12-/m0/s1. The second kappa shape index (κ2) is 6.15. The average molecular weight is 312 g/mol. The molecule has 0 radical (unpaired) electrons. The van der Waals surface area contributed by atoms with E-state index in [1.807, 2.05) is 48.7 Å². The lowest BCUT2D eigenvalue weighted by Gasteiger charge is -2.15. The third kappa shape index (κ3) is 2.94. The number of hydrogen-bond donors (Lipinski definition) is 1. The van der Waals surface area contributed by atoms with Crippen LogP contribution in [0.5, 0.6) is 0 Å². The Hall–Kier alpha value is -2.40. The Labute approximate surface area is 132 Å². The van der Waals surface area contributed by atoms with Crippen molar-refractivity contribution in [3.8, 4) is 0 Å². The van der Waals surface area contributed by atoms with Crippen molar-refractivity contribution in [3.05, 3.63) is 70.0 Å². The van der Waals surface area contributed by atoms with Gasteiger partial charge in [-0.25, -0.2) is 0 Å². The smallest absolute Gasteiger partial charge is 0.259 e. The van der Waals surface area contributed by atoms with Crippen LogP contribution in [-0.2, 0) is 11.3 Å². The summed E-state index contributed by atoms with van der Waals surface area (Å²) in [6, 6.07) is 13.3. The lowest BCUT2D eigenvalue weighted by Crippen LogP contribution is -2.33. The molecule has 0 saturated carbocycles. The van der Waals surface area contributed by atoms with Crippen LogP contribution in [0, 0.1) is 0 Å². The molecule has 5 heteroatoms. The Morgan fingerprint density at radius 2 is 2.00 bits per heavy atom. The van der Waals surface area contributed by atoms with Crippen LogP contribution < -0.4 is 10.9 Å². The molecular weight excluding hydrogens is 296 g/mol. The van der Waals surface area contributed by atoms with Gasteiger partial charge in [0.25, 0.3) is 5.56 Å². The van der Waals surface area contributed by atoms with Crippen molar-refractivity contribution in [2.75, 3.05) is 0 Å². The summed E-state index contributed by atoms with van der Waals surface area (Å²) in [4.78, 5) is 24.4. The van der Waals surface area contributed by atoms with E-state index in [1.54, 1.807) is 12.3 Å². The van der Waals surface area contributed by atoms with Gasteiger partial charge in [0.05, 0.1) is 11.4 Å². The third-order valence-electron chi connectivity index (χ3n) is 3.58. The third-order valence-corrected chi connectivity index (χ3v) is 4.47. The summed E-state index contributed by atoms with van der Waals surface area (Å²) < 4.78 is 2.39. The van der Waals surface area contributed by atoms with Crippen LogP contribution in [0.25, 0.3) is 10.1 Å². The average Bonchev–Trinajstić information content (AvgIpc) is 3.00. The molecule has 0 unspecified atom stereocenters. The molecule has 1 atom stereocenters. The van der Waals surface area contributed by atoms with Gasteiger partial charge >= 0.3 is 0 Å². The van der Waals surface area contributed by atoms with Gasteiger partial charge in [-0.3, -0.25) is 9.59 Å². The molecule has 22 heavy (non-hydrogen) atoms. The highest BCUT2D eigenvalue weighted by atomic mass is 32.1. The van der Waals surface area contributed by atoms with Crippen molar-refractivity contribution < 1.29 is 4.79 Å². The highest BCUT2D eigenvalue weighted by Gasteiger charge is 2.11. The lowest BCUT2D eigenvalue weighted by atomic mass is 10.1. The number of thiophene rings is 1. The number of nitrogens with one attached hydrogen (secondary N) is 1. The molecule has 3 aromatic rings. The number of fused-ring (bicyclic) bond motifs is 1. The molecule has 0 aliphatic rings. The summed E-state index contributed by atoms with van der Waals surface area (Å²) in [5.41, 5.74) is 0.915. The SMILES string of the molecule is C[C@H](NC(=O)Cn1ccc2sccc2c1=O)c1ccccc1. The number of benzene rings is 1. The fourth-order valence-corrected chi connectivity index (χ4v) is 3.17. The van der Waals surface area contributed by atoms with Crippen LogP contribution in [0.4, 0.5) is 0 Å². The van der Waals surface area contributed by atoms with E-state index in [-0.39, 0.29) is 24.1 Å². The van der Waals surface area contributed by atoms with Gasteiger partial charge in [0.15, 0.2) is 0 Å². The molecule has 0 spiro atoms. The topological polar surface area (TPSA) is 51.1 Å². The lowest BCUT2D eigenvalue weighted by molar-refractivity contribution is -0.122. The second-order valence-electron chi connectivity index (χ2n) is 5.15. The molecule has 0 aliphatic carbocycles. The van der Waals surface area contributed by atoms with E-state index >= 15 is 0 Å². The van der Waals surface area contributed by atoms with Crippen molar-refractivity contribution in [3.63, 3.8) is 0 Å². The molecular formula is C17H16N2O2S. The quantitative estimate of drug-likeness (QED) is 0.805. The number of amides is 1. The molecule has 2 heterocycles. The highest BCUT2D eigenvalue weighted by Crippen LogP contribution is 2.16. The van der Waals surface area contributed by atoms with Crippen LogP contribution in [0.2, 0.25) is 0 Å². The van der Waals surface area contributed by atoms with Crippen LogP contribution in [0.1, 0.15) is 18.5 Å². The number of pyridine rings is 1. The fraction of sp³-hybridized carbons (Fsp3) is 0.176. The van der Waals surface area contributed by atoms with Gasteiger partial charge < -0.3 is 9.88 Å². The zero-order chi connectivity index (χ0) is 15.5. The van der Waals surface area contributed by atoms with E-state index in [9.17, 15) is 9.59 Å². The first kappa shape index (κ1) is 14.5. The molecule has 3 rings (SSSR count). The normalized spacial score (nSPS) is 12.2. The number of nitrogens with zero attached hydrogens (tertiary/aromatic N) is 1. The van der Waals surface area contributed by atoms with E-state index in [0.29, 0.717) is 5.39 Å².